The minimum Gasteiger partial charge on any atom is -0.398 e. The van der Waals surface area contributed by atoms with Crippen molar-refractivity contribution in [3.8, 4) is 0 Å². The highest BCUT2D eigenvalue weighted by Gasteiger charge is 2.11. The maximum Gasteiger partial charge on any atom is 0.260 e. The number of carbonyl (C=O) groups excluding carboxylic acids is 1. The van der Waals surface area contributed by atoms with Gasteiger partial charge in [-0.2, -0.15) is 0 Å². The van der Waals surface area contributed by atoms with E-state index in [9.17, 15) is 9.18 Å². The number of nitrogens with zero attached hydrogens (tertiary/aromatic N) is 2. The highest BCUT2D eigenvalue weighted by Crippen LogP contribution is 2.15. The van der Waals surface area contributed by atoms with Crippen molar-refractivity contribution in [3.05, 3.63) is 47.0 Å². The van der Waals surface area contributed by atoms with E-state index in [2.05, 4.69) is 15.3 Å². The van der Waals surface area contributed by atoms with Crippen LogP contribution in [-0.2, 0) is 0 Å². The monoisotopic (exact) mass is 266 g/mol. The zero-order chi connectivity index (χ0) is 13.1. The second kappa shape index (κ2) is 4.97. The number of carbonyl (C=O) groups is 1. The van der Waals surface area contributed by atoms with Crippen LogP contribution in [0.3, 0.4) is 0 Å². The van der Waals surface area contributed by atoms with E-state index in [0.29, 0.717) is 0 Å². The SMILES string of the molecule is Nc1cc(F)ccc1C(=O)Nc1nccc(Cl)n1. The smallest absolute Gasteiger partial charge is 0.260 e. The van der Waals surface area contributed by atoms with Gasteiger partial charge in [0.1, 0.15) is 11.0 Å². The first-order valence-electron chi connectivity index (χ1n) is 4.91. The molecule has 3 N–H and O–H groups in total. The van der Waals surface area contributed by atoms with Gasteiger partial charge in [-0.25, -0.2) is 14.4 Å². The predicted molar refractivity (Wildman–Crippen MR) is 65.8 cm³/mol. The number of nitrogen functional groups attached to an aromatic ring is 1. The number of anilines is 2. The van der Waals surface area contributed by atoms with Gasteiger partial charge in [0.25, 0.3) is 5.91 Å². The molecule has 1 aromatic carbocycles. The second-order valence-corrected chi connectivity index (χ2v) is 3.78. The van der Waals surface area contributed by atoms with Crippen molar-refractivity contribution < 1.29 is 9.18 Å². The van der Waals surface area contributed by atoms with Crippen LogP contribution in [0.2, 0.25) is 5.15 Å². The molecule has 5 nitrogen and oxygen atoms in total. The first-order valence-corrected chi connectivity index (χ1v) is 5.29. The number of benzene rings is 1. The van der Waals surface area contributed by atoms with Gasteiger partial charge in [0.05, 0.1) is 5.56 Å². The lowest BCUT2D eigenvalue weighted by molar-refractivity contribution is 0.102. The van der Waals surface area contributed by atoms with Crippen LogP contribution in [0.15, 0.2) is 30.5 Å². The second-order valence-electron chi connectivity index (χ2n) is 3.39. The summed E-state index contributed by atoms with van der Waals surface area (Å²) in [7, 11) is 0. The van der Waals surface area contributed by atoms with Crippen LogP contribution >= 0.6 is 11.6 Å². The largest absolute Gasteiger partial charge is 0.398 e. The minimum absolute atomic E-state index is 0.0366. The molecule has 2 rings (SSSR count). The number of hydrogen-bond acceptors (Lipinski definition) is 4. The van der Waals surface area contributed by atoms with Gasteiger partial charge in [0, 0.05) is 11.9 Å². The average Bonchev–Trinajstić information content (AvgIpc) is 2.28. The summed E-state index contributed by atoms with van der Waals surface area (Å²) in [6, 6.07) is 4.96. The standard InChI is InChI=1S/C11H8ClFN4O/c12-9-3-4-15-11(16-9)17-10(18)7-2-1-6(13)5-8(7)14/h1-5H,14H2,(H,15,16,17,18). The molecular formula is C11H8ClFN4O. The maximum absolute atomic E-state index is 12.8. The molecule has 0 atom stereocenters. The molecule has 0 fully saturated rings. The van der Waals surface area contributed by atoms with Crippen LogP contribution in [0.4, 0.5) is 16.0 Å². The summed E-state index contributed by atoms with van der Waals surface area (Å²) in [6.07, 6.45) is 1.40. The van der Waals surface area contributed by atoms with Crippen molar-refractivity contribution in [2.45, 2.75) is 0 Å². The lowest BCUT2D eigenvalue weighted by Gasteiger charge is -2.06. The fourth-order valence-electron chi connectivity index (χ4n) is 1.31. The zero-order valence-electron chi connectivity index (χ0n) is 9.02. The summed E-state index contributed by atoms with van der Waals surface area (Å²) in [5, 5.41) is 2.61. The Hall–Kier alpha value is -2.21. The highest BCUT2D eigenvalue weighted by atomic mass is 35.5. The number of hydrogen-bond donors (Lipinski definition) is 2. The summed E-state index contributed by atoms with van der Waals surface area (Å²) in [5.41, 5.74) is 5.71. The molecule has 7 heteroatoms. The Labute approximate surface area is 107 Å². The molecule has 1 amide bonds. The van der Waals surface area contributed by atoms with Gasteiger partial charge in [0.15, 0.2) is 0 Å². The molecule has 2 aromatic rings. The van der Waals surface area contributed by atoms with Gasteiger partial charge in [-0.15, -0.1) is 0 Å². The van der Waals surface area contributed by atoms with E-state index < -0.39 is 11.7 Å². The number of aromatic nitrogens is 2. The Morgan fingerprint density at radius 3 is 2.83 bits per heavy atom. The Kier molecular flexibility index (Phi) is 3.38. The lowest BCUT2D eigenvalue weighted by atomic mass is 10.1. The molecule has 0 spiro atoms. The highest BCUT2D eigenvalue weighted by molar-refractivity contribution is 6.29. The van der Waals surface area contributed by atoms with Gasteiger partial charge in [0.2, 0.25) is 5.95 Å². The Morgan fingerprint density at radius 2 is 2.17 bits per heavy atom. The number of halogens is 2. The van der Waals surface area contributed by atoms with Crippen LogP contribution in [-0.4, -0.2) is 15.9 Å². The van der Waals surface area contributed by atoms with Gasteiger partial charge >= 0.3 is 0 Å². The summed E-state index contributed by atoms with van der Waals surface area (Å²) in [5.74, 6) is -0.992. The van der Waals surface area contributed by atoms with E-state index >= 15 is 0 Å². The third-order valence-electron chi connectivity index (χ3n) is 2.11. The molecule has 18 heavy (non-hydrogen) atoms. The first kappa shape index (κ1) is 12.3. The van der Waals surface area contributed by atoms with Gasteiger partial charge < -0.3 is 5.73 Å². The fourth-order valence-corrected chi connectivity index (χ4v) is 1.44. The Balaban J connectivity index is 2.22. The molecule has 0 aliphatic carbocycles. The molecule has 1 heterocycles. The van der Waals surface area contributed by atoms with E-state index in [4.69, 9.17) is 17.3 Å². The molecule has 92 valence electrons. The molecule has 0 bridgehead atoms. The van der Waals surface area contributed by atoms with E-state index in [1.807, 2.05) is 0 Å². The van der Waals surface area contributed by atoms with Gasteiger partial charge in [-0.05, 0) is 24.3 Å². The topological polar surface area (TPSA) is 80.9 Å². The summed E-state index contributed by atoms with van der Waals surface area (Å²) in [6.45, 7) is 0. The lowest BCUT2D eigenvalue weighted by Crippen LogP contribution is -2.16. The van der Waals surface area contributed by atoms with Crippen LogP contribution in [0.25, 0.3) is 0 Å². The van der Waals surface area contributed by atoms with Crippen molar-refractivity contribution in [1.29, 1.82) is 0 Å². The van der Waals surface area contributed by atoms with Crippen molar-refractivity contribution in [2.75, 3.05) is 11.1 Å². The third-order valence-corrected chi connectivity index (χ3v) is 2.32. The van der Waals surface area contributed by atoms with Crippen LogP contribution in [0, 0.1) is 5.82 Å². The molecule has 1 aromatic heterocycles. The van der Waals surface area contributed by atoms with E-state index in [0.717, 1.165) is 12.1 Å². The number of rotatable bonds is 2. The quantitative estimate of drug-likeness (QED) is 0.644. The first-order chi connectivity index (χ1) is 8.56. The van der Waals surface area contributed by atoms with Crippen LogP contribution in [0.5, 0.6) is 0 Å². The summed E-state index contributed by atoms with van der Waals surface area (Å²) in [4.78, 5) is 19.4. The van der Waals surface area contributed by atoms with Crippen LogP contribution < -0.4 is 11.1 Å². The van der Waals surface area contributed by atoms with Crippen molar-refractivity contribution >= 4 is 29.1 Å². The molecule has 0 radical (unpaired) electrons. The van der Waals surface area contributed by atoms with Gasteiger partial charge in [-0.1, -0.05) is 11.6 Å². The zero-order valence-corrected chi connectivity index (χ0v) is 9.78. The van der Waals surface area contributed by atoms with Gasteiger partial charge in [-0.3, -0.25) is 10.1 Å². The van der Waals surface area contributed by atoms with Crippen molar-refractivity contribution in [2.24, 2.45) is 0 Å². The molecule has 0 saturated heterocycles. The molecular weight excluding hydrogens is 259 g/mol. The number of nitrogens with one attached hydrogen (secondary N) is 1. The van der Waals surface area contributed by atoms with Crippen molar-refractivity contribution in [3.63, 3.8) is 0 Å². The van der Waals surface area contributed by atoms with E-state index in [1.165, 1.54) is 18.3 Å². The summed E-state index contributed by atoms with van der Waals surface area (Å²) >= 11 is 5.65. The van der Waals surface area contributed by atoms with Crippen molar-refractivity contribution in [1.82, 2.24) is 9.97 Å². The number of nitrogens with two attached hydrogens (primary N) is 1. The van der Waals surface area contributed by atoms with Crippen LogP contribution in [0.1, 0.15) is 10.4 Å². The maximum atomic E-state index is 12.8. The predicted octanol–water partition coefficient (Wildman–Crippen LogP) is 2.10. The normalized spacial score (nSPS) is 10.1. The average molecular weight is 267 g/mol. The van der Waals surface area contributed by atoms with E-state index in [-0.39, 0.29) is 22.4 Å². The molecule has 0 unspecified atom stereocenters. The molecule has 0 aliphatic rings. The number of amides is 1. The Bertz CT molecular complexity index is 605. The third kappa shape index (κ3) is 2.72. The summed E-state index contributed by atoms with van der Waals surface area (Å²) < 4.78 is 12.8. The minimum atomic E-state index is -0.533. The molecule has 0 saturated carbocycles. The Morgan fingerprint density at radius 1 is 1.39 bits per heavy atom. The molecule has 0 aliphatic heterocycles. The van der Waals surface area contributed by atoms with E-state index in [1.54, 1.807) is 0 Å². The fraction of sp³-hybridized carbons (Fsp3) is 0.